The molecule has 0 aromatic heterocycles. The van der Waals surface area contributed by atoms with E-state index < -0.39 is 11.9 Å². The van der Waals surface area contributed by atoms with E-state index in [1.165, 1.54) is 5.56 Å². The molecule has 1 aliphatic heterocycles. The molecule has 4 heteroatoms. The molecule has 0 amide bonds. The van der Waals surface area contributed by atoms with Crippen LogP contribution in [0.15, 0.2) is 54.6 Å². The topological polar surface area (TPSA) is 60.8 Å². The summed E-state index contributed by atoms with van der Waals surface area (Å²) < 4.78 is 0. The zero-order valence-corrected chi connectivity index (χ0v) is 17.3. The number of rotatable bonds is 7. The van der Waals surface area contributed by atoms with Gasteiger partial charge in [-0.2, -0.15) is 0 Å². The van der Waals surface area contributed by atoms with Crippen molar-refractivity contribution in [1.82, 2.24) is 4.90 Å². The van der Waals surface area contributed by atoms with Gasteiger partial charge in [0, 0.05) is 12.6 Å². The Kier molecular flexibility index (Phi) is 7.70. The highest BCUT2D eigenvalue weighted by Crippen LogP contribution is 2.32. The molecule has 2 aromatic carbocycles. The number of aliphatic carboxylic acids is 1. The van der Waals surface area contributed by atoms with Crippen LogP contribution in [0.4, 0.5) is 0 Å². The van der Waals surface area contributed by atoms with E-state index in [0.29, 0.717) is 30.7 Å². The summed E-state index contributed by atoms with van der Waals surface area (Å²) in [4.78, 5) is 14.4. The zero-order valence-electron chi connectivity index (χ0n) is 17.3. The number of benzene rings is 2. The Morgan fingerprint density at radius 2 is 1.90 bits per heavy atom. The molecule has 1 aliphatic rings. The minimum atomic E-state index is -0.713. The number of aromatic hydroxyl groups is 1. The first-order chi connectivity index (χ1) is 14.1. The van der Waals surface area contributed by atoms with E-state index in [4.69, 9.17) is 0 Å². The van der Waals surface area contributed by atoms with Crippen molar-refractivity contribution in [2.45, 2.75) is 57.4 Å². The number of phenols is 1. The Bertz CT molecular complexity index is 777. The fraction of sp³-hybridized carbons (Fsp3) is 0.480. The molecule has 0 spiro atoms. The summed E-state index contributed by atoms with van der Waals surface area (Å²) in [6.07, 6.45) is 5.97. The molecular formula is C25H33NO3. The molecule has 0 bridgehead atoms. The van der Waals surface area contributed by atoms with Crippen molar-refractivity contribution < 1.29 is 15.0 Å². The maximum Gasteiger partial charge on any atom is 0.308 e. The number of phenolic OH excluding ortho intramolecular Hbond substituents is 1. The minimum absolute atomic E-state index is 0.321. The van der Waals surface area contributed by atoms with Crippen LogP contribution in [0.3, 0.4) is 0 Å². The molecule has 2 aromatic rings. The Morgan fingerprint density at radius 1 is 1.10 bits per heavy atom. The van der Waals surface area contributed by atoms with Crippen molar-refractivity contribution in [1.29, 1.82) is 0 Å². The van der Waals surface area contributed by atoms with E-state index in [0.717, 1.165) is 44.2 Å². The molecule has 2 N–H and O–H groups in total. The van der Waals surface area contributed by atoms with Gasteiger partial charge in [0.05, 0.1) is 5.92 Å². The highest BCUT2D eigenvalue weighted by atomic mass is 16.4. The average Bonchev–Trinajstić information content (AvgIpc) is 2.70. The summed E-state index contributed by atoms with van der Waals surface area (Å²) in [6.45, 7) is 3.70. The first kappa shape index (κ1) is 21.4. The highest BCUT2D eigenvalue weighted by Gasteiger charge is 2.28. The van der Waals surface area contributed by atoms with Crippen molar-refractivity contribution >= 4 is 5.97 Å². The van der Waals surface area contributed by atoms with Gasteiger partial charge in [0.15, 0.2) is 0 Å². The lowest BCUT2D eigenvalue weighted by molar-refractivity contribution is -0.142. The van der Waals surface area contributed by atoms with Crippen LogP contribution in [-0.2, 0) is 11.2 Å². The highest BCUT2D eigenvalue weighted by molar-refractivity contribution is 5.70. The van der Waals surface area contributed by atoms with Gasteiger partial charge >= 0.3 is 5.97 Å². The fourth-order valence-corrected chi connectivity index (χ4v) is 4.66. The van der Waals surface area contributed by atoms with Gasteiger partial charge in [0.1, 0.15) is 5.75 Å². The second-order valence-corrected chi connectivity index (χ2v) is 8.29. The van der Waals surface area contributed by atoms with Gasteiger partial charge < -0.3 is 10.2 Å². The molecule has 3 rings (SSSR count). The van der Waals surface area contributed by atoms with Crippen molar-refractivity contribution in [3.63, 3.8) is 0 Å². The number of hydrogen-bond donors (Lipinski definition) is 2. The van der Waals surface area contributed by atoms with Gasteiger partial charge in [-0.25, -0.2) is 0 Å². The zero-order chi connectivity index (χ0) is 20.6. The lowest BCUT2D eigenvalue weighted by Gasteiger charge is -2.36. The van der Waals surface area contributed by atoms with E-state index in [-0.39, 0.29) is 0 Å². The summed E-state index contributed by atoms with van der Waals surface area (Å²) in [5.74, 6) is -0.373. The number of carbonyl (C=O) groups is 1. The van der Waals surface area contributed by atoms with E-state index in [2.05, 4.69) is 17.9 Å². The predicted octanol–water partition coefficient (Wildman–Crippen LogP) is 5.07. The molecule has 1 saturated heterocycles. The molecule has 0 aliphatic carbocycles. The van der Waals surface area contributed by atoms with Crippen LogP contribution in [-0.4, -0.2) is 40.2 Å². The Labute approximate surface area is 174 Å². The summed E-state index contributed by atoms with van der Waals surface area (Å²) in [7, 11) is 0. The van der Waals surface area contributed by atoms with Crippen molar-refractivity contribution in [2.75, 3.05) is 13.1 Å². The Balaban J connectivity index is 1.71. The second kappa shape index (κ2) is 10.4. The standard InChI is InChI=1S/C25H33NO3/c1-2-23-12-6-10-20(21-11-7-13-24(27)17-21)14-15-26(23)18-22(25(28)29)16-19-8-4-3-5-9-19/h3-5,7-9,11,13,17,20,22-23,27H,2,6,10,12,14-16,18H2,1H3,(H,28,29). The van der Waals surface area contributed by atoms with E-state index in [9.17, 15) is 15.0 Å². The predicted molar refractivity (Wildman–Crippen MR) is 116 cm³/mol. The largest absolute Gasteiger partial charge is 0.508 e. The molecule has 3 atom stereocenters. The smallest absolute Gasteiger partial charge is 0.308 e. The molecule has 156 valence electrons. The number of carboxylic acid groups (broad SMARTS) is 1. The lowest BCUT2D eigenvalue weighted by Crippen LogP contribution is -2.43. The van der Waals surface area contributed by atoms with Crippen LogP contribution in [0.2, 0.25) is 0 Å². The molecule has 4 nitrogen and oxygen atoms in total. The van der Waals surface area contributed by atoms with Crippen LogP contribution in [0, 0.1) is 5.92 Å². The molecular weight excluding hydrogens is 362 g/mol. The monoisotopic (exact) mass is 395 g/mol. The average molecular weight is 396 g/mol. The quantitative estimate of drug-likeness (QED) is 0.687. The first-order valence-electron chi connectivity index (χ1n) is 10.9. The first-order valence-corrected chi connectivity index (χ1v) is 10.9. The summed E-state index contributed by atoms with van der Waals surface area (Å²) in [5.41, 5.74) is 2.27. The lowest BCUT2D eigenvalue weighted by atomic mass is 9.86. The SMILES string of the molecule is CCC1CCCC(c2cccc(O)c2)CCN1CC(Cc1ccccc1)C(=O)O. The summed E-state index contributed by atoms with van der Waals surface area (Å²) >= 11 is 0. The number of hydrogen-bond acceptors (Lipinski definition) is 3. The van der Waals surface area contributed by atoms with Crippen molar-refractivity contribution in [3.8, 4) is 5.75 Å². The van der Waals surface area contributed by atoms with E-state index in [1.54, 1.807) is 6.07 Å². The van der Waals surface area contributed by atoms with Crippen LogP contribution >= 0.6 is 0 Å². The van der Waals surface area contributed by atoms with E-state index in [1.807, 2.05) is 42.5 Å². The van der Waals surface area contributed by atoms with Crippen LogP contribution < -0.4 is 0 Å². The Hall–Kier alpha value is -2.33. The minimum Gasteiger partial charge on any atom is -0.508 e. The van der Waals surface area contributed by atoms with Crippen LogP contribution in [0.1, 0.15) is 56.1 Å². The van der Waals surface area contributed by atoms with Crippen LogP contribution in [0.5, 0.6) is 5.75 Å². The summed E-state index contributed by atoms with van der Waals surface area (Å²) in [5, 5.41) is 19.7. The number of nitrogens with zero attached hydrogens (tertiary/aromatic N) is 1. The number of likely N-dealkylation sites (tertiary alicyclic amines) is 1. The van der Waals surface area contributed by atoms with Gasteiger partial charge in [-0.05, 0) is 67.8 Å². The third kappa shape index (κ3) is 6.07. The maximum atomic E-state index is 12.0. The molecule has 0 saturated carbocycles. The van der Waals surface area contributed by atoms with Crippen molar-refractivity contribution in [3.05, 3.63) is 65.7 Å². The molecule has 29 heavy (non-hydrogen) atoms. The third-order valence-corrected chi connectivity index (χ3v) is 6.31. The molecule has 1 fully saturated rings. The Morgan fingerprint density at radius 3 is 2.59 bits per heavy atom. The fourth-order valence-electron chi connectivity index (χ4n) is 4.66. The summed E-state index contributed by atoms with van der Waals surface area (Å²) in [6, 6.07) is 18.0. The van der Waals surface area contributed by atoms with Gasteiger partial charge in [0.25, 0.3) is 0 Å². The number of carboxylic acids is 1. The third-order valence-electron chi connectivity index (χ3n) is 6.31. The molecule has 3 unspecified atom stereocenters. The maximum absolute atomic E-state index is 12.0. The molecule has 1 heterocycles. The van der Waals surface area contributed by atoms with Crippen molar-refractivity contribution in [2.24, 2.45) is 5.92 Å². The molecule has 0 radical (unpaired) electrons. The van der Waals surface area contributed by atoms with E-state index >= 15 is 0 Å². The van der Waals surface area contributed by atoms with Crippen LogP contribution in [0.25, 0.3) is 0 Å². The van der Waals surface area contributed by atoms with Gasteiger partial charge in [-0.15, -0.1) is 0 Å². The van der Waals surface area contributed by atoms with Gasteiger partial charge in [-0.3, -0.25) is 9.69 Å². The normalized spacial score (nSPS) is 21.8. The second-order valence-electron chi connectivity index (χ2n) is 8.29. The van der Waals surface area contributed by atoms with Gasteiger partial charge in [0.2, 0.25) is 0 Å². The van der Waals surface area contributed by atoms with Gasteiger partial charge in [-0.1, -0.05) is 55.8 Å².